The van der Waals surface area contributed by atoms with Crippen LogP contribution in [0.4, 0.5) is 0 Å². The van der Waals surface area contributed by atoms with Crippen LogP contribution >= 0.6 is 0 Å². The molecule has 1 aliphatic rings. The highest BCUT2D eigenvalue weighted by Gasteiger charge is 2.51. The number of ketones is 1. The number of carbonyl (C=O) groups excluding carboxylic acids is 2. The Balaban J connectivity index is 2.80. The van der Waals surface area contributed by atoms with E-state index < -0.39 is 17.7 Å². The molecule has 0 spiro atoms. The zero-order valence-electron chi connectivity index (χ0n) is 9.70. The summed E-state index contributed by atoms with van der Waals surface area (Å²) in [6.45, 7) is 7.56. The number of ether oxygens (including phenoxy) is 2. The molecular formula is C11H18O4. The predicted molar refractivity (Wildman–Crippen MR) is 54.4 cm³/mol. The van der Waals surface area contributed by atoms with Crippen molar-refractivity contribution in [3.63, 3.8) is 0 Å². The summed E-state index contributed by atoms with van der Waals surface area (Å²) in [6.07, 6.45) is -0.341. The molecule has 1 fully saturated rings. The lowest BCUT2D eigenvalue weighted by atomic mass is 9.87. The summed E-state index contributed by atoms with van der Waals surface area (Å²) in [6, 6.07) is 0. The van der Waals surface area contributed by atoms with Gasteiger partial charge in [-0.2, -0.15) is 0 Å². The van der Waals surface area contributed by atoms with Crippen molar-refractivity contribution in [3.05, 3.63) is 0 Å². The van der Waals surface area contributed by atoms with Crippen LogP contribution in [0.5, 0.6) is 0 Å². The molecule has 0 aromatic heterocycles. The predicted octanol–water partition coefficient (Wildman–Crippen LogP) is 1.32. The highest BCUT2D eigenvalue weighted by atomic mass is 16.6. The van der Waals surface area contributed by atoms with E-state index in [-0.39, 0.29) is 18.3 Å². The van der Waals surface area contributed by atoms with Crippen molar-refractivity contribution in [2.24, 2.45) is 5.92 Å². The minimum absolute atomic E-state index is 0.152. The zero-order chi connectivity index (χ0) is 11.6. The van der Waals surface area contributed by atoms with Gasteiger partial charge in [0.25, 0.3) is 0 Å². The summed E-state index contributed by atoms with van der Waals surface area (Å²) in [4.78, 5) is 23.3. The van der Waals surface area contributed by atoms with Crippen LogP contribution in [0, 0.1) is 5.92 Å². The highest BCUT2D eigenvalue weighted by Crippen LogP contribution is 2.35. The van der Waals surface area contributed by atoms with Crippen molar-refractivity contribution in [3.8, 4) is 0 Å². The fraction of sp³-hybridized carbons (Fsp3) is 0.818. The SMILES string of the molecule is CCOC(=O)C1OC(C)(C)[C@@H](CC)C1=O. The third-order valence-electron chi connectivity index (χ3n) is 2.77. The summed E-state index contributed by atoms with van der Waals surface area (Å²) in [5.41, 5.74) is -0.566. The van der Waals surface area contributed by atoms with Gasteiger partial charge in [0.2, 0.25) is 6.10 Å². The van der Waals surface area contributed by atoms with Gasteiger partial charge in [0, 0.05) is 5.92 Å². The van der Waals surface area contributed by atoms with Crippen molar-refractivity contribution >= 4 is 11.8 Å². The number of esters is 1. The third-order valence-corrected chi connectivity index (χ3v) is 2.77. The van der Waals surface area contributed by atoms with E-state index in [1.165, 1.54) is 0 Å². The fourth-order valence-electron chi connectivity index (χ4n) is 2.04. The van der Waals surface area contributed by atoms with Crippen molar-refractivity contribution in [1.29, 1.82) is 0 Å². The highest BCUT2D eigenvalue weighted by molar-refractivity contribution is 6.05. The van der Waals surface area contributed by atoms with Gasteiger partial charge in [0.15, 0.2) is 5.78 Å². The van der Waals surface area contributed by atoms with Crippen LogP contribution in [0.25, 0.3) is 0 Å². The first-order valence-electron chi connectivity index (χ1n) is 5.32. The minimum Gasteiger partial charge on any atom is -0.464 e. The van der Waals surface area contributed by atoms with Gasteiger partial charge in [-0.05, 0) is 27.2 Å². The second-order valence-electron chi connectivity index (χ2n) is 4.22. The molecule has 0 aromatic carbocycles. The third kappa shape index (κ3) is 2.20. The molecule has 1 unspecified atom stereocenters. The average molecular weight is 214 g/mol. The summed E-state index contributed by atoms with van der Waals surface area (Å²) in [5, 5.41) is 0. The Bertz CT molecular complexity index is 270. The molecule has 1 heterocycles. The number of hydrogen-bond acceptors (Lipinski definition) is 4. The fourth-order valence-corrected chi connectivity index (χ4v) is 2.04. The minimum atomic E-state index is -1.02. The Hall–Kier alpha value is -0.900. The molecule has 2 atom stereocenters. The Labute approximate surface area is 89.9 Å². The molecule has 4 heteroatoms. The van der Waals surface area contributed by atoms with Gasteiger partial charge in [0.05, 0.1) is 12.2 Å². The maximum absolute atomic E-state index is 11.8. The Morgan fingerprint density at radius 3 is 2.47 bits per heavy atom. The molecule has 4 nitrogen and oxygen atoms in total. The molecular weight excluding hydrogens is 196 g/mol. The number of hydrogen-bond donors (Lipinski definition) is 0. The lowest BCUT2D eigenvalue weighted by Crippen LogP contribution is -2.30. The van der Waals surface area contributed by atoms with E-state index in [9.17, 15) is 9.59 Å². The first-order valence-corrected chi connectivity index (χ1v) is 5.32. The first kappa shape index (κ1) is 12.2. The second kappa shape index (κ2) is 4.31. The van der Waals surface area contributed by atoms with Crippen LogP contribution in [0.3, 0.4) is 0 Å². The van der Waals surface area contributed by atoms with E-state index in [1.54, 1.807) is 6.92 Å². The van der Waals surface area contributed by atoms with E-state index >= 15 is 0 Å². The maximum Gasteiger partial charge on any atom is 0.343 e. The second-order valence-corrected chi connectivity index (χ2v) is 4.22. The largest absolute Gasteiger partial charge is 0.464 e. The number of carbonyl (C=O) groups is 2. The van der Waals surface area contributed by atoms with Crippen molar-refractivity contribution in [2.75, 3.05) is 6.61 Å². The molecule has 1 rings (SSSR count). The molecule has 0 aliphatic carbocycles. The lowest BCUT2D eigenvalue weighted by Gasteiger charge is -2.22. The topological polar surface area (TPSA) is 52.6 Å². The van der Waals surface area contributed by atoms with Crippen LogP contribution in [0.1, 0.15) is 34.1 Å². The van der Waals surface area contributed by atoms with E-state index in [0.29, 0.717) is 6.42 Å². The Morgan fingerprint density at radius 1 is 1.47 bits per heavy atom. The molecule has 0 amide bonds. The normalized spacial score (nSPS) is 29.2. The van der Waals surface area contributed by atoms with Crippen molar-refractivity contribution < 1.29 is 19.1 Å². The standard InChI is InChI=1S/C11H18O4/c1-5-7-8(12)9(10(13)14-6-2)15-11(7,3)4/h7,9H,5-6H2,1-4H3/t7-,9?/m0/s1. The molecule has 0 bridgehead atoms. The molecule has 86 valence electrons. The Morgan fingerprint density at radius 2 is 2.07 bits per heavy atom. The molecule has 1 aliphatic heterocycles. The monoisotopic (exact) mass is 214 g/mol. The van der Waals surface area contributed by atoms with Gasteiger partial charge in [-0.15, -0.1) is 0 Å². The molecule has 0 aromatic rings. The van der Waals surface area contributed by atoms with Gasteiger partial charge >= 0.3 is 5.97 Å². The summed E-state index contributed by atoms with van der Waals surface area (Å²) in [7, 11) is 0. The van der Waals surface area contributed by atoms with E-state index in [1.807, 2.05) is 20.8 Å². The van der Waals surface area contributed by atoms with Crippen LogP contribution in [0.15, 0.2) is 0 Å². The van der Waals surface area contributed by atoms with Crippen LogP contribution in [-0.4, -0.2) is 30.1 Å². The molecule has 0 radical (unpaired) electrons. The van der Waals surface area contributed by atoms with Gasteiger partial charge < -0.3 is 9.47 Å². The first-order chi connectivity index (χ1) is 6.94. The summed E-state index contributed by atoms with van der Waals surface area (Å²) < 4.78 is 10.3. The number of rotatable bonds is 3. The van der Waals surface area contributed by atoms with Crippen molar-refractivity contribution in [2.45, 2.75) is 45.8 Å². The smallest absolute Gasteiger partial charge is 0.343 e. The van der Waals surface area contributed by atoms with Gasteiger partial charge in [0.1, 0.15) is 0 Å². The quantitative estimate of drug-likeness (QED) is 0.525. The van der Waals surface area contributed by atoms with Gasteiger partial charge in [-0.25, -0.2) is 4.79 Å². The van der Waals surface area contributed by atoms with Crippen LogP contribution in [0.2, 0.25) is 0 Å². The molecule has 0 N–H and O–H groups in total. The average Bonchev–Trinajstić information content (AvgIpc) is 2.37. The Kier molecular flexibility index (Phi) is 3.50. The van der Waals surface area contributed by atoms with Crippen LogP contribution < -0.4 is 0 Å². The van der Waals surface area contributed by atoms with Gasteiger partial charge in [-0.3, -0.25) is 4.79 Å². The zero-order valence-corrected chi connectivity index (χ0v) is 9.70. The van der Waals surface area contributed by atoms with E-state index in [2.05, 4.69) is 0 Å². The summed E-state index contributed by atoms with van der Waals surface area (Å²) in [5.74, 6) is -0.931. The van der Waals surface area contributed by atoms with E-state index in [4.69, 9.17) is 9.47 Å². The lowest BCUT2D eigenvalue weighted by molar-refractivity contribution is -0.161. The molecule has 15 heavy (non-hydrogen) atoms. The summed E-state index contributed by atoms with van der Waals surface area (Å²) >= 11 is 0. The van der Waals surface area contributed by atoms with Gasteiger partial charge in [-0.1, -0.05) is 6.92 Å². The molecule has 0 saturated carbocycles. The molecule has 1 saturated heterocycles. The number of Topliss-reactive ketones (excluding diaryl/α,β-unsaturated/α-hetero) is 1. The van der Waals surface area contributed by atoms with Crippen molar-refractivity contribution in [1.82, 2.24) is 0 Å². The van der Waals surface area contributed by atoms with Crippen LogP contribution in [-0.2, 0) is 19.1 Å². The maximum atomic E-state index is 11.8. The van der Waals surface area contributed by atoms with E-state index in [0.717, 1.165) is 0 Å².